The fourth-order valence-corrected chi connectivity index (χ4v) is 3.87. The average Bonchev–Trinajstić information content (AvgIpc) is 3.11. The molecule has 1 aliphatic carbocycles. The van der Waals surface area contributed by atoms with Gasteiger partial charge in [0.15, 0.2) is 25.1 Å². The molecule has 0 aromatic heterocycles. The van der Waals surface area contributed by atoms with Crippen LogP contribution in [0.5, 0.6) is 11.5 Å². The van der Waals surface area contributed by atoms with Crippen LogP contribution in [0, 0.1) is 0 Å². The first-order chi connectivity index (χ1) is 15.2. The lowest BCUT2D eigenvalue weighted by atomic mass is 9.90. The molecule has 0 spiro atoms. The molecule has 0 bridgehead atoms. The zero-order valence-electron chi connectivity index (χ0n) is 18.5. The second-order valence-electron chi connectivity index (χ2n) is 7.22. The highest BCUT2D eigenvalue weighted by molar-refractivity contribution is 5.78. The molecule has 3 aromatic rings. The number of fused-ring (bicyclic) bond motifs is 3. The normalized spacial score (nSPS) is 11.7. The minimum Gasteiger partial charge on any atom is -0.464 e. The standard InChI is InChI=1S/C24H24O4.C3H6/c1-25-15-27-23-12-11-17(14-24(23)28-16-26-2)13-22-20-9-5-3-7-18(20)19-8-4-6-10-21(19)22;1-3-2/h3-12,14,22H,13,15-16H2,1-2H3;3H,1H2,2H3. The van der Waals surface area contributed by atoms with Crippen LogP contribution >= 0.6 is 0 Å². The van der Waals surface area contributed by atoms with E-state index >= 15 is 0 Å². The smallest absolute Gasteiger partial charge is 0.188 e. The zero-order chi connectivity index (χ0) is 22.1. The minimum absolute atomic E-state index is 0.169. The monoisotopic (exact) mass is 418 g/mol. The summed E-state index contributed by atoms with van der Waals surface area (Å²) in [6.45, 7) is 5.59. The third-order valence-electron chi connectivity index (χ3n) is 5.08. The van der Waals surface area contributed by atoms with Gasteiger partial charge in [-0.3, -0.25) is 0 Å². The Kier molecular flexibility index (Phi) is 8.27. The highest BCUT2D eigenvalue weighted by atomic mass is 16.7. The molecule has 0 aliphatic heterocycles. The van der Waals surface area contributed by atoms with E-state index in [0.29, 0.717) is 17.4 Å². The Hall–Kier alpha value is -3.08. The van der Waals surface area contributed by atoms with Crippen molar-refractivity contribution in [2.24, 2.45) is 0 Å². The predicted octanol–water partition coefficient (Wildman–Crippen LogP) is 6.20. The van der Waals surface area contributed by atoms with Crippen molar-refractivity contribution in [1.82, 2.24) is 0 Å². The van der Waals surface area contributed by atoms with E-state index < -0.39 is 0 Å². The second-order valence-corrected chi connectivity index (χ2v) is 7.22. The summed E-state index contributed by atoms with van der Waals surface area (Å²) in [7, 11) is 3.20. The van der Waals surface area contributed by atoms with Crippen LogP contribution in [-0.4, -0.2) is 27.8 Å². The minimum atomic E-state index is 0.169. The van der Waals surface area contributed by atoms with Gasteiger partial charge in [0.1, 0.15) is 0 Å². The first-order valence-corrected chi connectivity index (χ1v) is 10.3. The van der Waals surface area contributed by atoms with Gasteiger partial charge in [-0.2, -0.15) is 0 Å². The van der Waals surface area contributed by atoms with E-state index in [4.69, 9.17) is 18.9 Å². The molecule has 0 unspecified atom stereocenters. The Balaban J connectivity index is 0.000000858. The topological polar surface area (TPSA) is 36.9 Å². The van der Waals surface area contributed by atoms with Crippen molar-refractivity contribution < 1.29 is 18.9 Å². The number of methoxy groups -OCH3 is 2. The lowest BCUT2D eigenvalue weighted by molar-refractivity contribution is 0.0322. The summed E-state index contributed by atoms with van der Waals surface area (Å²) in [4.78, 5) is 0. The van der Waals surface area contributed by atoms with E-state index in [2.05, 4.69) is 61.2 Å². The van der Waals surface area contributed by atoms with E-state index in [1.807, 2.05) is 19.1 Å². The Morgan fingerprint density at radius 2 is 1.29 bits per heavy atom. The fraction of sp³-hybridized carbons (Fsp3) is 0.259. The molecule has 0 fully saturated rings. The molecule has 0 radical (unpaired) electrons. The van der Waals surface area contributed by atoms with Gasteiger partial charge in [0.25, 0.3) is 0 Å². The molecule has 0 atom stereocenters. The van der Waals surface area contributed by atoms with E-state index in [1.165, 1.54) is 27.8 Å². The number of ether oxygens (including phenoxy) is 4. The third kappa shape index (κ3) is 5.35. The Morgan fingerprint density at radius 3 is 1.84 bits per heavy atom. The Bertz CT molecular complexity index is 951. The summed E-state index contributed by atoms with van der Waals surface area (Å²) in [5, 5.41) is 0. The fourth-order valence-electron chi connectivity index (χ4n) is 3.87. The zero-order valence-corrected chi connectivity index (χ0v) is 18.5. The van der Waals surface area contributed by atoms with Crippen molar-refractivity contribution in [3.63, 3.8) is 0 Å². The molecule has 0 saturated carbocycles. The molecule has 162 valence electrons. The largest absolute Gasteiger partial charge is 0.464 e. The van der Waals surface area contributed by atoms with Crippen molar-refractivity contribution in [2.75, 3.05) is 27.8 Å². The number of hydrogen-bond acceptors (Lipinski definition) is 4. The number of benzene rings is 3. The molecule has 0 N–H and O–H groups in total. The summed E-state index contributed by atoms with van der Waals surface area (Å²) in [5.74, 6) is 1.64. The maximum Gasteiger partial charge on any atom is 0.188 e. The second kappa shape index (κ2) is 11.3. The predicted molar refractivity (Wildman–Crippen MR) is 125 cm³/mol. The highest BCUT2D eigenvalue weighted by Crippen LogP contribution is 2.46. The molecule has 0 amide bonds. The van der Waals surface area contributed by atoms with Crippen molar-refractivity contribution in [1.29, 1.82) is 0 Å². The summed E-state index contributed by atoms with van der Waals surface area (Å²) < 4.78 is 21.4. The maximum atomic E-state index is 5.72. The van der Waals surface area contributed by atoms with Crippen LogP contribution in [0.2, 0.25) is 0 Å². The third-order valence-corrected chi connectivity index (χ3v) is 5.08. The Morgan fingerprint density at radius 1 is 0.774 bits per heavy atom. The van der Waals surface area contributed by atoms with Crippen LogP contribution in [0.1, 0.15) is 29.5 Å². The van der Waals surface area contributed by atoms with Crippen molar-refractivity contribution in [2.45, 2.75) is 19.3 Å². The van der Waals surface area contributed by atoms with Gasteiger partial charge in [-0.15, -0.1) is 6.58 Å². The van der Waals surface area contributed by atoms with E-state index in [1.54, 1.807) is 20.3 Å². The Labute approximate surface area is 185 Å². The van der Waals surface area contributed by atoms with Gasteiger partial charge in [-0.25, -0.2) is 0 Å². The van der Waals surface area contributed by atoms with Crippen LogP contribution in [0.15, 0.2) is 79.4 Å². The average molecular weight is 419 g/mol. The van der Waals surface area contributed by atoms with Gasteiger partial charge in [0.2, 0.25) is 0 Å². The van der Waals surface area contributed by atoms with Crippen molar-refractivity contribution in [3.05, 3.63) is 96.1 Å². The van der Waals surface area contributed by atoms with Gasteiger partial charge in [0.05, 0.1) is 0 Å². The van der Waals surface area contributed by atoms with Gasteiger partial charge >= 0.3 is 0 Å². The molecule has 3 aromatic carbocycles. The lowest BCUT2D eigenvalue weighted by Crippen LogP contribution is -2.06. The van der Waals surface area contributed by atoms with E-state index in [0.717, 1.165) is 6.42 Å². The molecule has 31 heavy (non-hydrogen) atoms. The van der Waals surface area contributed by atoms with Crippen LogP contribution in [0.4, 0.5) is 0 Å². The van der Waals surface area contributed by atoms with Crippen LogP contribution in [0.3, 0.4) is 0 Å². The van der Waals surface area contributed by atoms with Crippen molar-refractivity contribution in [3.8, 4) is 22.6 Å². The maximum absolute atomic E-state index is 5.72. The summed E-state index contributed by atoms with van der Waals surface area (Å²) in [5.41, 5.74) is 6.61. The molecule has 4 nitrogen and oxygen atoms in total. The van der Waals surface area contributed by atoms with Gasteiger partial charge in [-0.05, 0) is 53.3 Å². The highest BCUT2D eigenvalue weighted by Gasteiger charge is 2.28. The van der Waals surface area contributed by atoms with Gasteiger partial charge < -0.3 is 18.9 Å². The molecule has 4 heteroatoms. The van der Waals surface area contributed by atoms with Crippen LogP contribution < -0.4 is 9.47 Å². The number of rotatable bonds is 8. The first-order valence-electron chi connectivity index (χ1n) is 10.3. The van der Waals surface area contributed by atoms with Crippen LogP contribution in [0.25, 0.3) is 11.1 Å². The first kappa shape index (κ1) is 22.6. The molecular formula is C27H30O4. The van der Waals surface area contributed by atoms with Crippen molar-refractivity contribution >= 4 is 0 Å². The van der Waals surface area contributed by atoms with Crippen LogP contribution in [-0.2, 0) is 15.9 Å². The summed E-state index contributed by atoms with van der Waals surface area (Å²) >= 11 is 0. The quantitative estimate of drug-likeness (QED) is 0.322. The number of allylic oxidation sites excluding steroid dienone is 1. The van der Waals surface area contributed by atoms with E-state index in [-0.39, 0.29) is 13.6 Å². The number of hydrogen-bond donors (Lipinski definition) is 0. The summed E-state index contributed by atoms with van der Waals surface area (Å²) in [6.07, 6.45) is 2.64. The molecule has 0 heterocycles. The molecule has 4 rings (SSSR count). The molecular weight excluding hydrogens is 388 g/mol. The summed E-state index contributed by atoms with van der Waals surface area (Å²) in [6, 6.07) is 23.4. The molecule has 0 saturated heterocycles. The molecule has 1 aliphatic rings. The SMILES string of the molecule is C=CC.COCOc1ccc(CC2c3ccccc3-c3ccccc32)cc1OCOC. The van der Waals surface area contributed by atoms with Gasteiger partial charge in [0, 0.05) is 20.1 Å². The van der Waals surface area contributed by atoms with E-state index in [9.17, 15) is 0 Å². The lowest BCUT2D eigenvalue weighted by Gasteiger charge is -2.17. The van der Waals surface area contributed by atoms with Gasteiger partial charge in [-0.1, -0.05) is 60.7 Å².